The van der Waals surface area contributed by atoms with Gasteiger partial charge < -0.3 is 25.0 Å². The van der Waals surface area contributed by atoms with Crippen molar-refractivity contribution in [1.29, 1.82) is 0 Å². The van der Waals surface area contributed by atoms with Crippen molar-refractivity contribution in [2.45, 2.75) is 26.2 Å². The number of anilines is 3. The number of carbonyl (C=O) groups is 4. The van der Waals surface area contributed by atoms with Crippen LogP contribution in [0.2, 0.25) is 0 Å². The second-order valence-corrected chi connectivity index (χ2v) is 7.63. The van der Waals surface area contributed by atoms with Crippen LogP contribution in [0.4, 0.5) is 17.1 Å². The Hall–Kier alpha value is -3.88. The fourth-order valence-corrected chi connectivity index (χ4v) is 3.78. The summed E-state index contributed by atoms with van der Waals surface area (Å²) < 4.78 is 10.4. The Bertz CT molecular complexity index is 1100. The molecule has 9 nitrogen and oxygen atoms in total. The minimum absolute atomic E-state index is 0.0168. The number of amides is 3. The van der Waals surface area contributed by atoms with Gasteiger partial charge in [-0.05, 0) is 60.4 Å². The third-order valence-corrected chi connectivity index (χ3v) is 5.33. The summed E-state index contributed by atoms with van der Waals surface area (Å²) in [4.78, 5) is 48.8. The number of carbonyl (C=O) groups excluding carboxylic acids is 4. The Labute approximate surface area is 184 Å². The van der Waals surface area contributed by atoms with E-state index < -0.39 is 18.5 Å². The van der Waals surface area contributed by atoms with Crippen LogP contribution in [0.25, 0.3) is 0 Å². The minimum atomic E-state index is -0.669. The van der Waals surface area contributed by atoms with Crippen molar-refractivity contribution in [2.75, 3.05) is 35.3 Å². The summed E-state index contributed by atoms with van der Waals surface area (Å²) >= 11 is 0. The molecule has 2 aromatic carbocycles. The average Bonchev–Trinajstić information content (AvgIpc) is 3.20. The molecule has 9 heteroatoms. The van der Waals surface area contributed by atoms with Crippen LogP contribution in [0.3, 0.4) is 0 Å². The normalized spacial score (nSPS) is 14.2. The fourth-order valence-electron chi connectivity index (χ4n) is 3.78. The molecule has 0 saturated carbocycles. The average molecular weight is 437 g/mol. The van der Waals surface area contributed by atoms with E-state index >= 15 is 0 Å². The summed E-state index contributed by atoms with van der Waals surface area (Å²) in [7, 11) is 0. The highest BCUT2D eigenvalue weighted by Crippen LogP contribution is 2.30. The number of nitrogens with zero attached hydrogens (tertiary/aromatic N) is 1. The van der Waals surface area contributed by atoms with Crippen LogP contribution in [0.5, 0.6) is 5.75 Å². The second kappa shape index (κ2) is 9.09. The van der Waals surface area contributed by atoms with Crippen LogP contribution in [0.1, 0.15) is 24.5 Å². The minimum Gasteiger partial charge on any atom is -0.482 e. The molecule has 2 aliphatic rings. The van der Waals surface area contributed by atoms with Gasteiger partial charge in [-0.1, -0.05) is 0 Å². The molecule has 0 radical (unpaired) electrons. The van der Waals surface area contributed by atoms with Gasteiger partial charge in [0.25, 0.3) is 5.91 Å². The lowest BCUT2D eigenvalue weighted by Gasteiger charge is -2.17. The predicted octanol–water partition coefficient (Wildman–Crippen LogP) is 2.04. The monoisotopic (exact) mass is 437 g/mol. The highest BCUT2D eigenvalue weighted by molar-refractivity contribution is 5.96. The van der Waals surface area contributed by atoms with Crippen LogP contribution in [0, 0.1) is 0 Å². The molecule has 0 atom stereocenters. The van der Waals surface area contributed by atoms with Gasteiger partial charge in [0, 0.05) is 37.0 Å². The second-order valence-electron chi connectivity index (χ2n) is 7.63. The summed E-state index contributed by atoms with van der Waals surface area (Å²) in [5.41, 5.74) is 4.09. The van der Waals surface area contributed by atoms with Crippen molar-refractivity contribution in [3.8, 4) is 5.75 Å². The van der Waals surface area contributed by atoms with E-state index in [-0.39, 0.29) is 18.4 Å². The van der Waals surface area contributed by atoms with Gasteiger partial charge in [0.15, 0.2) is 13.2 Å². The van der Waals surface area contributed by atoms with Crippen molar-refractivity contribution in [2.24, 2.45) is 0 Å². The number of fused-ring (bicyclic) bond motifs is 2. The first kappa shape index (κ1) is 21.4. The number of benzene rings is 2. The summed E-state index contributed by atoms with van der Waals surface area (Å²) in [6.07, 6.45) is 1.74. The van der Waals surface area contributed by atoms with Crippen molar-refractivity contribution in [1.82, 2.24) is 0 Å². The molecule has 2 aromatic rings. The summed E-state index contributed by atoms with van der Waals surface area (Å²) in [5.74, 6) is -0.691. The molecule has 4 rings (SSSR count). The molecule has 0 aromatic heterocycles. The van der Waals surface area contributed by atoms with Crippen LogP contribution >= 0.6 is 0 Å². The lowest BCUT2D eigenvalue weighted by atomic mass is 10.0. The van der Waals surface area contributed by atoms with Crippen LogP contribution in [-0.2, 0) is 36.8 Å². The summed E-state index contributed by atoms with van der Waals surface area (Å²) in [6, 6.07) is 10.5. The summed E-state index contributed by atoms with van der Waals surface area (Å²) in [5, 5.41) is 5.47. The quantitative estimate of drug-likeness (QED) is 0.669. The van der Waals surface area contributed by atoms with Crippen molar-refractivity contribution >= 4 is 40.8 Å². The molecule has 2 aliphatic heterocycles. The maximum absolute atomic E-state index is 12.1. The number of nitrogens with one attached hydrogen (secondary N) is 2. The van der Waals surface area contributed by atoms with E-state index in [1.54, 1.807) is 35.2 Å². The lowest BCUT2D eigenvalue weighted by molar-refractivity contribution is -0.149. The number of rotatable bonds is 6. The molecule has 0 unspecified atom stereocenters. The van der Waals surface area contributed by atoms with E-state index in [0.29, 0.717) is 30.8 Å². The first-order valence-electron chi connectivity index (χ1n) is 10.3. The molecule has 0 fully saturated rings. The molecule has 166 valence electrons. The van der Waals surface area contributed by atoms with Gasteiger partial charge in [0.2, 0.25) is 11.8 Å². The first-order chi connectivity index (χ1) is 15.4. The van der Waals surface area contributed by atoms with Gasteiger partial charge in [0.05, 0.1) is 0 Å². The summed E-state index contributed by atoms with van der Waals surface area (Å²) in [6.45, 7) is 1.37. The standard InChI is InChI=1S/C23H23N3O6/c1-14(27)26-9-8-16-10-17(3-6-20(16)26)24-22(29)12-32-23(30)13-31-18-4-5-19-15(11-18)2-7-21(28)25-19/h3-6,10-11H,2,7-9,12-13H2,1H3,(H,24,29)(H,25,28). The smallest absolute Gasteiger partial charge is 0.344 e. The molecular weight excluding hydrogens is 414 g/mol. The Morgan fingerprint density at radius 1 is 1.03 bits per heavy atom. The topological polar surface area (TPSA) is 114 Å². The van der Waals surface area contributed by atoms with Crippen LogP contribution in [-0.4, -0.2) is 43.4 Å². The van der Waals surface area contributed by atoms with Gasteiger partial charge >= 0.3 is 5.97 Å². The Balaban J connectivity index is 1.23. The Kier molecular flexibility index (Phi) is 6.07. The zero-order chi connectivity index (χ0) is 22.7. The highest BCUT2D eigenvalue weighted by Gasteiger charge is 2.22. The molecule has 3 amide bonds. The van der Waals surface area contributed by atoms with E-state index in [1.807, 2.05) is 6.07 Å². The molecule has 32 heavy (non-hydrogen) atoms. The molecule has 0 saturated heterocycles. The van der Waals surface area contributed by atoms with E-state index in [9.17, 15) is 19.2 Å². The SMILES string of the molecule is CC(=O)N1CCc2cc(NC(=O)COC(=O)COc3ccc4c(c3)CCC(=O)N4)ccc21. The molecule has 0 bridgehead atoms. The van der Waals surface area contributed by atoms with Gasteiger partial charge in [0.1, 0.15) is 5.75 Å². The zero-order valence-electron chi connectivity index (χ0n) is 17.6. The predicted molar refractivity (Wildman–Crippen MR) is 117 cm³/mol. The molecule has 0 aliphatic carbocycles. The molecule has 2 heterocycles. The van der Waals surface area contributed by atoms with Crippen LogP contribution < -0.4 is 20.3 Å². The molecule has 0 spiro atoms. The number of ether oxygens (including phenoxy) is 2. The van der Waals surface area contributed by atoms with Gasteiger partial charge in [-0.15, -0.1) is 0 Å². The van der Waals surface area contributed by atoms with Gasteiger partial charge in [-0.2, -0.15) is 0 Å². The van der Waals surface area contributed by atoms with Crippen LogP contribution in [0.15, 0.2) is 36.4 Å². The van der Waals surface area contributed by atoms with E-state index in [1.165, 1.54) is 6.92 Å². The zero-order valence-corrected chi connectivity index (χ0v) is 17.6. The van der Waals surface area contributed by atoms with Crippen molar-refractivity contribution < 1.29 is 28.7 Å². The molecular formula is C23H23N3O6. The maximum Gasteiger partial charge on any atom is 0.344 e. The number of hydrogen-bond acceptors (Lipinski definition) is 6. The van der Waals surface area contributed by atoms with Gasteiger partial charge in [-0.25, -0.2) is 4.79 Å². The first-order valence-corrected chi connectivity index (χ1v) is 10.3. The maximum atomic E-state index is 12.1. The van der Waals surface area contributed by atoms with E-state index in [0.717, 1.165) is 28.9 Å². The number of aryl methyl sites for hydroxylation is 1. The van der Waals surface area contributed by atoms with Crippen molar-refractivity contribution in [3.05, 3.63) is 47.5 Å². The van der Waals surface area contributed by atoms with Gasteiger partial charge in [-0.3, -0.25) is 14.4 Å². The fraction of sp³-hybridized carbons (Fsp3) is 0.304. The van der Waals surface area contributed by atoms with Crippen molar-refractivity contribution in [3.63, 3.8) is 0 Å². The third kappa shape index (κ3) is 4.88. The number of esters is 1. The third-order valence-electron chi connectivity index (χ3n) is 5.33. The molecule has 2 N–H and O–H groups in total. The van der Waals surface area contributed by atoms with E-state index in [2.05, 4.69) is 10.6 Å². The Morgan fingerprint density at radius 3 is 2.69 bits per heavy atom. The Morgan fingerprint density at radius 2 is 1.88 bits per heavy atom. The number of hydrogen-bond donors (Lipinski definition) is 2. The largest absolute Gasteiger partial charge is 0.482 e. The van der Waals surface area contributed by atoms with E-state index in [4.69, 9.17) is 9.47 Å². The lowest BCUT2D eigenvalue weighted by Crippen LogP contribution is -2.25. The highest BCUT2D eigenvalue weighted by atomic mass is 16.6.